The summed E-state index contributed by atoms with van der Waals surface area (Å²) in [6, 6.07) is 3.64. The quantitative estimate of drug-likeness (QED) is 0.223. The van der Waals surface area contributed by atoms with Gasteiger partial charge in [0.15, 0.2) is 5.96 Å². The third-order valence-electron chi connectivity index (χ3n) is 5.29. The van der Waals surface area contributed by atoms with Crippen LogP contribution in [0.2, 0.25) is 0 Å². The molecule has 0 aliphatic heterocycles. The van der Waals surface area contributed by atoms with E-state index in [9.17, 15) is 8.42 Å². The van der Waals surface area contributed by atoms with E-state index in [1.54, 1.807) is 26.2 Å². The summed E-state index contributed by atoms with van der Waals surface area (Å²) in [6.07, 6.45) is 11.7. The van der Waals surface area contributed by atoms with Gasteiger partial charge >= 0.3 is 0 Å². The Balaban J connectivity index is 1.72. The summed E-state index contributed by atoms with van der Waals surface area (Å²) in [7, 11) is -3.43. The van der Waals surface area contributed by atoms with Gasteiger partial charge in [-0.25, -0.2) is 8.42 Å². The van der Waals surface area contributed by atoms with Crippen LogP contribution in [-0.4, -0.2) is 48.8 Å². The van der Waals surface area contributed by atoms with Crippen LogP contribution in [-0.2, 0) is 14.9 Å². The Morgan fingerprint density at radius 3 is 2.60 bits per heavy atom. The Bertz CT molecular complexity index is 734. The van der Waals surface area contributed by atoms with Crippen molar-refractivity contribution in [2.75, 3.05) is 25.0 Å². The second-order valence-electron chi connectivity index (χ2n) is 8.11. The van der Waals surface area contributed by atoms with Crippen molar-refractivity contribution >= 4 is 21.7 Å². The van der Waals surface area contributed by atoms with E-state index in [1.165, 1.54) is 23.7 Å². The largest absolute Gasteiger partial charge is 0.370 e. The standard InChI is InChI=1S/C21H37N5O3S/c1-18(2)30(27,28)26(29-17-19-9-5-3-6-10-19)16-8-4-7-13-24-21(22)25-20-11-14-23-15-12-20/h11-12,14-15,18-19H,3-10,13,16-17H2,1-2H3,(H3,22,23,24,25). The van der Waals surface area contributed by atoms with Crippen molar-refractivity contribution in [2.24, 2.45) is 16.6 Å². The summed E-state index contributed by atoms with van der Waals surface area (Å²) in [5.41, 5.74) is 6.72. The van der Waals surface area contributed by atoms with Gasteiger partial charge in [0.1, 0.15) is 0 Å². The molecule has 1 saturated carbocycles. The molecule has 0 atom stereocenters. The Hall–Kier alpha value is -1.71. The minimum atomic E-state index is -3.43. The van der Waals surface area contributed by atoms with E-state index in [0.717, 1.165) is 37.8 Å². The number of hydroxylamine groups is 1. The van der Waals surface area contributed by atoms with Crippen LogP contribution in [0.15, 0.2) is 29.5 Å². The number of pyridine rings is 1. The summed E-state index contributed by atoms with van der Waals surface area (Å²) in [4.78, 5) is 14.1. The van der Waals surface area contributed by atoms with E-state index < -0.39 is 15.3 Å². The highest BCUT2D eigenvalue weighted by Gasteiger charge is 2.27. The number of guanidine groups is 1. The Morgan fingerprint density at radius 1 is 1.23 bits per heavy atom. The number of aliphatic imine (C=N–C) groups is 1. The average Bonchev–Trinajstić information content (AvgIpc) is 2.73. The molecule has 0 radical (unpaired) electrons. The Labute approximate surface area is 181 Å². The number of hydrogen-bond acceptors (Lipinski definition) is 5. The van der Waals surface area contributed by atoms with E-state index in [4.69, 9.17) is 10.6 Å². The van der Waals surface area contributed by atoms with Gasteiger partial charge in [0.05, 0.1) is 11.9 Å². The molecule has 0 amide bonds. The molecule has 1 heterocycles. The maximum absolute atomic E-state index is 12.6. The lowest BCUT2D eigenvalue weighted by Gasteiger charge is -2.27. The topological polar surface area (TPSA) is 110 Å². The summed E-state index contributed by atoms with van der Waals surface area (Å²) < 4.78 is 26.5. The van der Waals surface area contributed by atoms with Crippen LogP contribution < -0.4 is 11.1 Å². The Morgan fingerprint density at radius 2 is 1.93 bits per heavy atom. The second kappa shape index (κ2) is 12.9. The number of anilines is 1. The van der Waals surface area contributed by atoms with Crippen LogP contribution in [0.5, 0.6) is 0 Å². The molecule has 0 spiro atoms. The van der Waals surface area contributed by atoms with E-state index in [2.05, 4.69) is 15.3 Å². The van der Waals surface area contributed by atoms with Gasteiger partial charge in [0.2, 0.25) is 10.0 Å². The summed E-state index contributed by atoms with van der Waals surface area (Å²) in [5.74, 6) is 0.829. The third-order valence-corrected chi connectivity index (χ3v) is 7.34. The fourth-order valence-corrected chi connectivity index (χ4v) is 4.46. The second-order valence-corrected chi connectivity index (χ2v) is 10.5. The molecule has 30 heavy (non-hydrogen) atoms. The zero-order valence-electron chi connectivity index (χ0n) is 18.3. The highest BCUT2D eigenvalue weighted by atomic mass is 32.2. The zero-order chi connectivity index (χ0) is 21.8. The number of hydrogen-bond donors (Lipinski definition) is 2. The SMILES string of the molecule is CC(C)S(=O)(=O)N(CCCCCN=C(N)Nc1ccncc1)OCC1CCCCC1. The van der Waals surface area contributed by atoms with Crippen molar-refractivity contribution in [2.45, 2.75) is 70.5 Å². The van der Waals surface area contributed by atoms with E-state index in [-0.39, 0.29) is 0 Å². The van der Waals surface area contributed by atoms with E-state index >= 15 is 0 Å². The molecule has 2 rings (SSSR count). The molecule has 8 nitrogen and oxygen atoms in total. The van der Waals surface area contributed by atoms with Crippen molar-refractivity contribution in [1.82, 2.24) is 9.45 Å². The van der Waals surface area contributed by atoms with Crippen molar-refractivity contribution in [3.63, 3.8) is 0 Å². The van der Waals surface area contributed by atoms with Crippen LogP contribution in [0.1, 0.15) is 65.2 Å². The summed E-state index contributed by atoms with van der Waals surface area (Å²) in [5, 5.41) is 2.52. The molecule has 1 fully saturated rings. The van der Waals surface area contributed by atoms with Gasteiger partial charge in [-0.15, -0.1) is 0 Å². The van der Waals surface area contributed by atoms with Crippen molar-refractivity contribution < 1.29 is 13.3 Å². The van der Waals surface area contributed by atoms with Crippen molar-refractivity contribution in [3.05, 3.63) is 24.5 Å². The number of nitrogens with one attached hydrogen (secondary N) is 1. The monoisotopic (exact) mass is 439 g/mol. The predicted molar refractivity (Wildman–Crippen MR) is 121 cm³/mol. The van der Waals surface area contributed by atoms with Gasteiger partial charge in [0.25, 0.3) is 0 Å². The fourth-order valence-electron chi connectivity index (χ4n) is 3.39. The molecule has 1 aliphatic rings. The van der Waals surface area contributed by atoms with Crippen LogP contribution in [0.4, 0.5) is 5.69 Å². The number of nitrogens with two attached hydrogens (primary N) is 1. The molecule has 0 unspecified atom stereocenters. The number of aromatic nitrogens is 1. The highest BCUT2D eigenvalue weighted by Crippen LogP contribution is 2.24. The van der Waals surface area contributed by atoms with Gasteiger partial charge < -0.3 is 11.1 Å². The maximum Gasteiger partial charge on any atom is 0.238 e. The maximum atomic E-state index is 12.6. The number of sulfonamides is 1. The summed E-state index contributed by atoms with van der Waals surface area (Å²) >= 11 is 0. The lowest BCUT2D eigenvalue weighted by Crippen LogP contribution is -2.38. The first-order valence-electron chi connectivity index (χ1n) is 11.0. The van der Waals surface area contributed by atoms with Gasteiger partial charge in [-0.1, -0.05) is 30.2 Å². The lowest BCUT2D eigenvalue weighted by molar-refractivity contribution is -0.103. The molecule has 1 aromatic heterocycles. The first-order chi connectivity index (χ1) is 14.4. The number of rotatable bonds is 12. The number of nitrogens with zero attached hydrogens (tertiary/aromatic N) is 3. The minimum absolute atomic E-state index is 0.362. The van der Waals surface area contributed by atoms with Crippen molar-refractivity contribution in [1.29, 1.82) is 0 Å². The summed E-state index contributed by atoms with van der Waals surface area (Å²) in [6.45, 7) is 4.85. The third kappa shape index (κ3) is 8.57. The van der Waals surface area contributed by atoms with Crippen molar-refractivity contribution in [3.8, 4) is 0 Å². The zero-order valence-corrected chi connectivity index (χ0v) is 19.1. The van der Waals surface area contributed by atoms with Crippen LogP contribution in [0.25, 0.3) is 0 Å². The first-order valence-corrected chi connectivity index (χ1v) is 12.5. The van der Waals surface area contributed by atoms with E-state index in [1.807, 2.05) is 12.1 Å². The van der Waals surface area contributed by atoms with Crippen LogP contribution >= 0.6 is 0 Å². The molecule has 9 heteroatoms. The molecular formula is C21H37N5O3S. The normalized spacial score (nSPS) is 16.3. The highest BCUT2D eigenvalue weighted by molar-refractivity contribution is 7.89. The van der Waals surface area contributed by atoms with Gasteiger partial charge in [-0.3, -0.25) is 14.8 Å². The minimum Gasteiger partial charge on any atom is -0.370 e. The van der Waals surface area contributed by atoms with Crippen LogP contribution in [0, 0.1) is 5.92 Å². The molecule has 3 N–H and O–H groups in total. The average molecular weight is 440 g/mol. The fraction of sp³-hybridized carbons (Fsp3) is 0.714. The molecule has 170 valence electrons. The predicted octanol–water partition coefficient (Wildman–Crippen LogP) is 3.53. The molecular weight excluding hydrogens is 402 g/mol. The molecule has 1 aliphatic carbocycles. The first kappa shape index (κ1) is 24.6. The molecule has 0 bridgehead atoms. The van der Waals surface area contributed by atoms with Gasteiger partial charge in [-0.05, 0) is 57.6 Å². The smallest absolute Gasteiger partial charge is 0.238 e. The molecule has 0 saturated heterocycles. The number of unbranched alkanes of at least 4 members (excludes halogenated alkanes) is 2. The van der Waals surface area contributed by atoms with Gasteiger partial charge in [-0.2, -0.15) is 0 Å². The Kier molecular flexibility index (Phi) is 10.5. The van der Waals surface area contributed by atoms with E-state index in [0.29, 0.717) is 31.6 Å². The van der Waals surface area contributed by atoms with Gasteiger partial charge in [0, 0.05) is 31.2 Å². The van der Waals surface area contributed by atoms with Crippen LogP contribution in [0.3, 0.4) is 0 Å². The lowest BCUT2D eigenvalue weighted by atomic mass is 9.90. The molecule has 0 aromatic carbocycles. The molecule has 1 aromatic rings.